The monoisotopic (exact) mass is 379 g/mol. The molecule has 1 atom stereocenters. The van der Waals surface area contributed by atoms with Gasteiger partial charge in [0.25, 0.3) is 0 Å². The number of oxazole rings is 1. The van der Waals surface area contributed by atoms with Crippen molar-refractivity contribution in [3.8, 4) is 11.3 Å². The molecule has 2 aromatic rings. The fourth-order valence-corrected chi connectivity index (χ4v) is 2.63. The van der Waals surface area contributed by atoms with E-state index >= 15 is 0 Å². The van der Waals surface area contributed by atoms with E-state index in [4.69, 9.17) is 16.0 Å². The van der Waals surface area contributed by atoms with Crippen LogP contribution in [-0.2, 0) is 16.1 Å². The molecule has 0 bridgehead atoms. The Bertz CT molecular complexity index is 773. The summed E-state index contributed by atoms with van der Waals surface area (Å²) in [5, 5.41) is 12.6. The fraction of sp³-hybridized carbons (Fsp3) is 0.389. The van der Waals surface area contributed by atoms with Gasteiger partial charge in [-0.05, 0) is 38.1 Å². The number of benzene rings is 1. The normalized spacial score (nSPS) is 12.2. The van der Waals surface area contributed by atoms with Gasteiger partial charge in [-0.2, -0.15) is 0 Å². The molecule has 1 amide bonds. The van der Waals surface area contributed by atoms with Gasteiger partial charge in [0.1, 0.15) is 6.04 Å². The van der Waals surface area contributed by atoms with Crippen molar-refractivity contribution in [2.24, 2.45) is 0 Å². The molecule has 0 radical (unpaired) electrons. The number of carbonyl (C=O) groups excluding carboxylic acids is 1. The number of hydrogen-bond acceptors (Lipinski definition) is 5. The number of carboxylic acids is 1. The van der Waals surface area contributed by atoms with Crippen LogP contribution in [-0.4, -0.2) is 46.0 Å². The zero-order valence-corrected chi connectivity index (χ0v) is 15.7. The van der Waals surface area contributed by atoms with E-state index in [1.165, 1.54) is 6.92 Å². The maximum absolute atomic E-state index is 11.4. The van der Waals surface area contributed by atoms with Crippen LogP contribution in [0, 0.1) is 6.92 Å². The van der Waals surface area contributed by atoms with Gasteiger partial charge < -0.3 is 14.8 Å². The summed E-state index contributed by atoms with van der Waals surface area (Å²) in [6.45, 7) is 5.77. The minimum Gasteiger partial charge on any atom is -0.480 e. The second kappa shape index (κ2) is 8.82. The van der Waals surface area contributed by atoms with Crippen LogP contribution < -0.4 is 5.32 Å². The number of carboxylic acid groups (broad SMARTS) is 1. The molecule has 0 spiro atoms. The first-order valence-corrected chi connectivity index (χ1v) is 8.59. The largest absolute Gasteiger partial charge is 0.480 e. The van der Waals surface area contributed by atoms with Crippen molar-refractivity contribution in [2.45, 2.75) is 33.4 Å². The Labute approximate surface area is 157 Å². The Hall–Kier alpha value is -2.38. The maximum Gasteiger partial charge on any atom is 0.320 e. The van der Waals surface area contributed by atoms with Crippen molar-refractivity contribution < 1.29 is 19.1 Å². The summed E-state index contributed by atoms with van der Waals surface area (Å²) in [7, 11) is 0. The lowest BCUT2D eigenvalue weighted by Crippen LogP contribution is -2.42. The molecule has 0 aliphatic rings. The number of aryl methyl sites for hydroxylation is 1. The number of aromatic nitrogens is 1. The first-order chi connectivity index (χ1) is 12.3. The number of amides is 1. The van der Waals surface area contributed by atoms with E-state index in [9.17, 15) is 14.7 Å². The molecule has 0 fully saturated rings. The predicted octanol–water partition coefficient (Wildman–Crippen LogP) is 2.71. The van der Waals surface area contributed by atoms with E-state index in [-0.39, 0.29) is 12.5 Å². The van der Waals surface area contributed by atoms with Gasteiger partial charge >= 0.3 is 5.97 Å². The Morgan fingerprint density at radius 1 is 1.35 bits per heavy atom. The average Bonchev–Trinajstić information content (AvgIpc) is 2.94. The van der Waals surface area contributed by atoms with E-state index in [2.05, 4.69) is 10.3 Å². The minimum absolute atomic E-state index is 0.162. The summed E-state index contributed by atoms with van der Waals surface area (Å²) in [4.78, 5) is 28.5. The third kappa shape index (κ3) is 5.31. The lowest BCUT2D eigenvalue weighted by atomic mass is 10.1. The van der Waals surface area contributed by atoms with Gasteiger partial charge in [0.2, 0.25) is 11.8 Å². The van der Waals surface area contributed by atoms with E-state index in [0.29, 0.717) is 35.5 Å². The lowest BCUT2D eigenvalue weighted by Gasteiger charge is -2.24. The van der Waals surface area contributed by atoms with Crippen molar-refractivity contribution >= 4 is 23.5 Å². The molecular formula is C18H22ClN3O4. The molecule has 0 saturated heterocycles. The summed E-state index contributed by atoms with van der Waals surface area (Å²) in [6.07, 6.45) is 0. The minimum atomic E-state index is -0.950. The molecule has 1 unspecified atom stereocenters. The smallest absolute Gasteiger partial charge is 0.320 e. The van der Waals surface area contributed by atoms with E-state index in [1.807, 2.05) is 19.1 Å². The van der Waals surface area contributed by atoms with Crippen LogP contribution in [0.15, 0.2) is 28.7 Å². The molecule has 140 valence electrons. The molecule has 26 heavy (non-hydrogen) atoms. The predicted molar refractivity (Wildman–Crippen MR) is 97.9 cm³/mol. The third-order valence-electron chi connectivity index (χ3n) is 3.96. The van der Waals surface area contributed by atoms with Crippen LogP contribution in [0.1, 0.15) is 25.4 Å². The highest BCUT2D eigenvalue weighted by molar-refractivity contribution is 6.30. The molecule has 7 nitrogen and oxygen atoms in total. The Kier molecular flexibility index (Phi) is 6.76. The second-order valence-corrected chi connectivity index (χ2v) is 6.43. The summed E-state index contributed by atoms with van der Waals surface area (Å²) >= 11 is 5.91. The van der Waals surface area contributed by atoms with Crippen LogP contribution in [0.4, 0.5) is 0 Å². The zero-order valence-electron chi connectivity index (χ0n) is 15.0. The first kappa shape index (κ1) is 19.9. The van der Waals surface area contributed by atoms with Gasteiger partial charge in [-0.25, -0.2) is 4.98 Å². The SMILES string of the molecule is CC(=O)NCCN(Cc1nc(C)c(-c2ccc(Cl)cc2)o1)C(C)C(=O)O. The summed E-state index contributed by atoms with van der Waals surface area (Å²) < 4.78 is 5.85. The molecule has 8 heteroatoms. The van der Waals surface area contributed by atoms with Gasteiger partial charge in [-0.3, -0.25) is 14.5 Å². The Balaban J connectivity index is 2.16. The number of halogens is 1. The quantitative estimate of drug-likeness (QED) is 0.732. The van der Waals surface area contributed by atoms with Crippen LogP contribution in [0.25, 0.3) is 11.3 Å². The molecule has 1 aromatic carbocycles. The van der Waals surface area contributed by atoms with Crippen LogP contribution in [0.2, 0.25) is 5.02 Å². The number of carbonyl (C=O) groups is 2. The standard InChI is InChI=1S/C18H22ClN3O4/c1-11-17(14-4-6-15(19)7-5-14)26-16(21-11)10-22(12(2)18(24)25)9-8-20-13(3)23/h4-7,12H,8-10H2,1-3H3,(H,20,23)(H,24,25). The molecule has 2 rings (SSSR count). The van der Waals surface area contributed by atoms with Gasteiger partial charge in [0.05, 0.1) is 12.2 Å². The molecule has 0 aliphatic heterocycles. The van der Waals surface area contributed by atoms with E-state index in [1.54, 1.807) is 24.0 Å². The van der Waals surface area contributed by atoms with Crippen molar-refractivity contribution in [1.29, 1.82) is 0 Å². The van der Waals surface area contributed by atoms with Gasteiger partial charge in [0, 0.05) is 30.6 Å². The molecule has 0 saturated carbocycles. The highest BCUT2D eigenvalue weighted by Gasteiger charge is 2.23. The average molecular weight is 380 g/mol. The highest BCUT2D eigenvalue weighted by Crippen LogP contribution is 2.26. The lowest BCUT2D eigenvalue weighted by molar-refractivity contribution is -0.142. The Morgan fingerprint density at radius 3 is 2.58 bits per heavy atom. The number of nitrogens with zero attached hydrogens (tertiary/aromatic N) is 2. The number of nitrogens with one attached hydrogen (secondary N) is 1. The van der Waals surface area contributed by atoms with E-state index in [0.717, 1.165) is 5.56 Å². The van der Waals surface area contributed by atoms with Gasteiger partial charge in [-0.15, -0.1) is 0 Å². The molecule has 1 aromatic heterocycles. The highest BCUT2D eigenvalue weighted by atomic mass is 35.5. The van der Waals surface area contributed by atoms with Crippen LogP contribution in [0.3, 0.4) is 0 Å². The van der Waals surface area contributed by atoms with Gasteiger partial charge in [0.15, 0.2) is 5.76 Å². The summed E-state index contributed by atoms with van der Waals surface area (Å²) in [6, 6.07) is 6.48. The molecule has 0 aliphatic carbocycles. The molecular weight excluding hydrogens is 358 g/mol. The van der Waals surface area contributed by atoms with Crippen molar-refractivity contribution in [3.05, 3.63) is 40.9 Å². The Morgan fingerprint density at radius 2 is 2.00 bits per heavy atom. The zero-order chi connectivity index (χ0) is 19.3. The van der Waals surface area contributed by atoms with Crippen LogP contribution in [0.5, 0.6) is 0 Å². The van der Waals surface area contributed by atoms with Crippen molar-refractivity contribution in [2.75, 3.05) is 13.1 Å². The van der Waals surface area contributed by atoms with Crippen molar-refractivity contribution in [3.63, 3.8) is 0 Å². The topological polar surface area (TPSA) is 95.7 Å². The fourth-order valence-electron chi connectivity index (χ4n) is 2.50. The van der Waals surface area contributed by atoms with Crippen molar-refractivity contribution in [1.82, 2.24) is 15.2 Å². The number of rotatable bonds is 8. The van der Waals surface area contributed by atoms with Gasteiger partial charge in [-0.1, -0.05) is 11.6 Å². The summed E-state index contributed by atoms with van der Waals surface area (Å²) in [5.74, 6) is -0.0659. The van der Waals surface area contributed by atoms with E-state index < -0.39 is 12.0 Å². The first-order valence-electron chi connectivity index (χ1n) is 8.21. The third-order valence-corrected chi connectivity index (χ3v) is 4.22. The molecule has 1 heterocycles. The molecule has 2 N–H and O–H groups in total. The second-order valence-electron chi connectivity index (χ2n) is 6.00. The van der Waals surface area contributed by atoms with Crippen LogP contribution >= 0.6 is 11.6 Å². The number of aliphatic carboxylic acids is 1. The summed E-state index contributed by atoms with van der Waals surface area (Å²) in [5.41, 5.74) is 1.56. The maximum atomic E-state index is 11.4. The number of hydrogen-bond donors (Lipinski definition) is 2.